The van der Waals surface area contributed by atoms with Crippen molar-refractivity contribution in [2.45, 2.75) is 0 Å². The van der Waals surface area contributed by atoms with Crippen LogP contribution >= 0.6 is 0 Å². The van der Waals surface area contributed by atoms with Crippen molar-refractivity contribution in [1.82, 2.24) is 9.80 Å². The van der Waals surface area contributed by atoms with E-state index in [0.717, 1.165) is 15.5 Å². The molecule has 0 heterocycles. The van der Waals surface area contributed by atoms with Crippen molar-refractivity contribution in [3.63, 3.8) is 0 Å². The summed E-state index contributed by atoms with van der Waals surface area (Å²) in [5.41, 5.74) is 0. The van der Waals surface area contributed by atoms with Crippen LogP contribution in [0.2, 0.25) is 0 Å². The molecule has 0 fully saturated rings. The molecule has 1 aromatic rings. The molecule has 2 N–H and O–H groups in total. The third-order valence-electron chi connectivity index (χ3n) is 3.25. The number of hydrogen-bond donors (Lipinski definition) is 2. The smallest absolute Gasteiger partial charge is 0.549 e. The molecule has 0 bridgehead atoms. The Bertz CT molecular complexity index is 615. The summed E-state index contributed by atoms with van der Waals surface area (Å²) in [5, 5.41) is 48.2. The van der Waals surface area contributed by atoms with Crippen LogP contribution in [0.25, 0.3) is 0 Å². The average Bonchev–Trinajstić information content (AvgIpc) is 2.64. The van der Waals surface area contributed by atoms with Crippen molar-refractivity contribution in [3.8, 4) is 5.75 Å². The molecule has 0 radical (unpaired) electrons. The summed E-state index contributed by atoms with van der Waals surface area (Å²) in [7, 11) is 0. The number of carboxylic acid groups (broad SMARTS) is 4. The van der Waals surface area contributed by atoms with Gasteiger partial charge in [-0.05, 0) is 12.1 Å². The number of rotatable bonds is 14. The van der Waals surface area contributed by atoms with E-state index in [1.54, 1.807) is 0 Å². The first-order valence-electron chi connectivity index (χ1n) is 8.68. The van der Waals surface area contributed by atoms with Crippen LogP contribution in [-0.2, 0) is 19.2 Å². The molecule has 0 aliphatic heterocycles. The molecule has 0 unspecified atom stereocenters. The second kappa shape index (κ2) is 24.9. The Morgan fingerprint density at radius 2 is 1.15 bits per heavy atom. The fourth-order valence-electron chi connectivity index (χ4n) is 2.13. The van der Waals surface area contributed by atoms with Crippen molar-refractivity contribution >= 4 is 23.9 Å². The van der Waals surface area contributed by atoms with Crippen molar-refractivity contribution in [2.24, 2.45) is 0 Å². The van der Waals surface area contributed by atoms with E-state index in [-0.39, 0.29) is 108 Å². The number of benzene rings is 1. The third-order valence-corrected chi connectivity index (χ3v) is 3.25. The van der Waals surface area contributed by atoms with Gasteiger partial charge in [0.1, 0.15) is 12.4 Å². The minimum absolute atomic E-state index is 0. The molecule has 1 aromatic carbocycles. The maximum absolute atomic E-state index is 10.5. The molecule has 0 atom stereocenters. The second-order valence-corrected chi connectivity index (χ2v) is 5.82. The molecule has 0 spiro atoms. The van der Waals surface area contributed by atoms with E-state index in [1.807, 2.05) is 30.3 Å². The van der Waals surface area contributed by atoms with E-state index in [0.29, 0.717) is 6.61 Å². The maximum atomic E-state index is 10.5. The summed E-state index contributed by atoms with van der Waals surface area (Å²) in [6.07, 6.45) is 0. The Hall–Kier alpha value is -0.220. The van der Waals surface area contributed by atoms with Gasteiger partial charge in [0.05, 0.1) is 31.1 Å². The molecule has 0 saturated heterocycles. The van der Waals surface area contributed by atoms with Crippen molar-refractivity contribution in [3.05, 3.63) is 30.3 Å². The summed E-state index contributed by atoms with van der Waals surface area (Å²) < 4.78 is 5.11. The molecule has 1 rings (SSSR count). The fourth-order valence-corrected chi connectivity index (χ4v) is 2.13. The van der Waals surface area contributed by atoms with Gasteiger partial charge in [0.15, 0.2) is 0 Å². The molecule has 0 saturated carbocycles. The van der Waals surface area contributed by atoms with Gasteiger partial charge in [-0.25, -0.2) is 0 Å². The SMILES string of the molecule is O=C([O-])CN(CCN(CC(=O)[O-])CC(=O)O)CC(=O)[O-].OCCOc1ccccc1.[Na+].[Na+].[Na+]. The minimum Gasteiger partial charge on any atom is -0.549 e. The Balaban J connectivity index is -0.000000275. The van der Waals surface area contributed by atoms with Crippen LogP contribution < -0.4 is 109 Å². The summed E-state index contributed by atoms with van der Waals surface area (Å²) in [4.78, 5) is 43.7. The minimum atomic E-state index is -1.52. The van der Waals surface area contributed by atoms with Crippen LogP contribution in [0, 0.1) is 0 Å². The first kappa shape index (κ1) is 40.0. The van der Waals surface area contributed by atoms with Gasteiger partial charge in [0.2, 0.25) is 0 Å². The molecule has 0 aromatic heterocycles. The van der Waals surface area contributed by atoms with Gasteiger partial charge < -0.3 is 44.7 Å². The number of nitrogens with zero attached hydrogens (tertiary/aromatic N) is 2. The Morgan fingerprint density at radius 3 is 1.48 bits per heavy atom. The zero-order valence-electron chi connectivity index (χ0n) is 19.1. The van der Waals surface area contributed by atoms with Crippen LogP contribution in [0.3, 0.4) is 0 Å². The first-order chi connectivity index (χ1) is 14.1. The van der Waals surface area contributed by atoms with E-state index in [9.17, 15) is 34.5 Å². The molecule has 0 amide bonds. The van der Waals surface area contributed by atoms with Gasteiger partial charge in [0, 0.05) is 32.7 Å². The Labute approximate surface area is 257 Å². The van der Waals surface area contributed by atoms with Crippen LogP contribution in [0.5, 0.6) is 5.75 Å². The Kier molecular flexibility index (Phi) is 30.1. The van der Waals surface area contributed by atoms with Crippen molar-refractivity contribution in [1.29, 1.82) is 0 Å². The van der Waals surface area contributed by atoms with Gasteiger partial charge in [-0.2, -0.15) is 0 Å². The quantitative estimate of drug-likeness (QED) is 0.231. The van der Waals surface area contributed by atoms with Gasteiger partial charge >= 0.3 is 94.6 Å². The summed E-state index contributed by atoms with van der Waals surface area (Å²) in [5.74, 6) is -5.02. The van der Waals surface area contributed by atoms with Crippen LogP contribution in [0.15, 0.2) is 30.3 Å². The summed E-state index contributed by atoms with van der Waals surface area (Å²) >= 11 is 0. The van der Waals surface area contributed by atoms with Crippen LogP contribution in [0.4, 0.5) is 0 Å². The van der Waals surface area contributed by atoms with Crippen molar-refractivity contribution < 1.29 is 138 Å². The van der Waals surface area contributed by atoms with Gasteiger partial charge in [0.25, 0.3) is 0 Å². The zero-order valence-corrected chi connectivity index (χ0v) is 25.1. The van der Waals surface area contributed by atoms with E-state index in [1.165, 1.54) is 0 Å². The monoisotopic (exact) mass is 496 g/mol. The molecule has 168 valence electrons. The molecule has 0 aliphatic rings. The molecular weight excluding hydrogens is 473 g/mol. The molecule has 0 aliphatic carbocycles. The van der Waals surface area contributed by atoms with E-state index >= 15 is 0 Å². The molecular formula is C18H23N2Na3O10. The van der Waals surface area contributed by atoms with E-state index in [4.69, 9.17) is 14.9 Å². The largest absolute Gasteiger partial charge is 1.00 e. The van der Waals surface area contributed by atoms with Gasteiger partial charge in [-0.3, -0.25) is 14.6 Å². The fraction of sp³-hybridized carbons (Fsp3) is 0.444. The topological polar surface area (TPSA) is 194 Å². The number of carboxylic acids is 4. The molecule has 15 heteroatoms. The number of carbonyl (C=O) groups excluding carboxylic acids is 3. The third kappa shape index (κ3) is 26.2. The molecule has 12 nitrogen and oxygen atoms in total. The van der Waals surface area contributed by atoms with Gasteiger partial charge in [-0.1, -0.05) is 18.2 Å². The zero-order chi connectivity index (χ0) is 22.9. The Morgan fingerprint density at radius 1 is 0.758 bits per heavy atom. The number of hydrogen-bond acceptors (Lipinski definition) is 11. The number of aliphatic hydroxyl groups excluding tert-OH is 1. The first-order valence-corrected chi connectivity index (χ1v) is 8.68. The summed E-state index contributed by atoms with van der Waals surface area (Å²) in [6.45, 7) is -2.57. The van der Waals surface area contributed by atoms with Crippen molar-refractivity contribution in [2.75, 3.05) is 52.5 Å². The predicted octanol–water partition coefficient (Wildman–Crippen LogP) is -14.0. The summed E-state index contributed by atoms with van der Waals surface area (Å²) in [6, 6.07) is 9.43. The number of carbonyl (C=O) groups is 4. The van der Waals surface area contributed by atoms with E-state index in [2.05, 4.69) is 0 Å². The normalized spacial score (nSPS) is 9.30. The standard InChI is InChI=1S/C10H16N2O8.C8H10O2.3Na/c13-7(14)3-11(4-8(15)16)1-2-12(5-9(17)18)6-10(19)20;9-6-7-10-8-4-2-1-3-5-8;;;/h1-6H2,(H,13,14)(H,15,16)(H,17,18)(H,19,20);1-5,9H,6-7H2;;;/q;;3*+1/p-3. The van der Waals surface area contributed by atoms with Crippen LogP contribution in [-0.4, -0.2) is 96.4 Å². The predicted molar refractivity (Wildman–Crippen MR) is 94.6 cm³/mol. The number of aliphatic carboxylic acids is 4. The maximum Gasteiger partial charge on any atom is 1.00 e. The average molecular weight is 496 g/mol. The second-order valence-electron chi connectivity index (χ2n) is 5.82. The number of para-hydroxylation sites is 1. The van der Waals surface area contributed by atoms with Crippen LogP contribution in [0.1, 0.15) is 0 Å². The van der Waals surface area contributed by atoms with E-state index < -0.39 is 50.1 Å². The van der Waals surface area contributed by atoms with Gasteiger partial charge in [-0.15, -0.1) is 0 Å². The number of ether oxygens (including phenoxy) is 1. The number of aliphatic hydroxyl groups is 1. The molecule has 33 heavy (non-hydrogen) atoms.